The van der Waals surface area contributed by atoms with Gasteiger partial charge in [-0.3, -0.25) is 15.1 Å². The molecule has 5 rings (SSSR count). The van der Waals surface area contributed by atoms with Crippen molar-refractivity contribution in [3.05, 3.63) is 99.5 Å². The summed E-state index contributed by atoms with van der Waals surface area (Å²) in [7, 11) is 0. The third kappa shape index (κ3) is 4.87. The van der Waals surface area contributed by atoms with Crippen molar-refractivity contribution in [3.8, 4) is 5.75 Å². The van der Waals surface area contributed by atoms with Gasteiger partial charge in [0, 0.05) is 21.6 Å². The summed E-state index contributed by atoms with van der Waals surface area (Å²) in [5, 5.41) is 20.7. The summed E-state index contributed by atoms with van der Waals surface area (Å²) in [6, 6.07) is 21.8. The van der Waals surface area contributed by atoms with Crippen molar-refractivity contribution in [2.45, 2.75) is 11.9 Å². The van der Waals surface area contributed by atoms with Crippen LogP contribution >= 0.6 is 23.4 Å². The van der Waals surface area contributed by atoms with Crippen LogP contribution in [0.15, 0.2) is 82.9 Å². The fourth-order valence-electron chi connectivity index (χ4n) is 3.79. The third-order valence-electron chi connectivity index (χ3n) is 5.35. The Morgan fingerprint density at radius 1 is 1.09 bits per heavy atom. The van der Waals surface area contributed by atoms with Gasteiger partial charge in [-0.25, -0.2) is 9.80 Å². The zero-order valence-corrected chi connectivity index (χ0v) is 19.8. The number of hydrazone groups is 1. The number of hydrogen-bond donors (Lipinski definition) is 2. The number of benzene rings is 3. The van der Waals surface area contributed by atoms with Crippen LogP contribution in [0.2, 0.25) is 5.02 Å². The Bertz CT molecular complexity index is 1460. The van der Waals surface area contributed by atoms with Gasteiger partial charge in [-0.2, -0.15) is 0 Å². The van der Waals surface area contributed by atoms with Gasteiger partial charge in [-0.1, -0.05) is 71.9 Å². The number of carboxylic acids is 1. The molecule has 2 aliphatic rings. The van der Waals surface area contributed by atoms with E-state index in [0.717, 1.165) is 5.56 Å². The topological polar surface area (TPSA) is 104 Å². The molecule has 35 heavy (non-hydrogen) atoms. The van der Waals surface area contributed by atoms with E-state index in [1.54, 1.807) is 23.2 Å². The number of para-hydroxylation sites is 2. The fourth-order valence-corrected chi connectivity index (χ4v) is 4.72. The normalized spacial score (nSPS) is 16.4. The van der Waals surface area contributed by atoms with Crippen molar-refractivity contribution < 1.29 is 19.4 Å². The molecule has 2 N–H and O–H groups in total. The maximum Gasteiger partial charge on any atom is 0.341 e. The predicted octanol–water partition coefficient (Wildman–Crippen LogP) is 2.88. The van der Waals surface area contributed by atoms with Gasteiger partial charge in [0.2, 0.25) is 0 Å². The number of carbonyl (C=O) groups is 2. The SMILES string of the molecule is O=C(O)COc1ccccc1C1N=c2ccccc2=C2C(=O)NC(SCc3ccc(Cl)cc3)=NN21. The highest BCUT2D eigenvalue weighted by Crippen LogP contribution is 2.35. The number of nitrogens with one attached hydrogen (secondary N) is 1. The number of carbonyl (C=O) groups excluding carboxylic acids is 1. The molecule has 176 valence electrons. The maximum atomic E-state index is 13.3. The standard InChI is InChI=1S/C25H19ClN4O4S/c26-16-11-9-15(10-12-16)14-35-25-28-24(33)22-17-5-1-3-7-19(17)27-23(30(22)29-25)18-6-2-4-8-20(18)34-13-21(31)32/h1-12,23H,13-14H2,(H,31,32)(H,28,29,33). The monoisotopic (exact) mass is 506 g/mol. The van der Waals surface area contributed by atoms with Crippen LogP contribution in [0.4, 0.5) is 0 Å². The Balaban J connectivity index is 1.55. The Morgan fingerprint density at radius 3 is 2.63 bits per heavy atom. The van der Waals surface area contributed by atoms with Crippen molar-refractivity contribution in [1.82, 2.24) is 10.3 Å². The van der Waals surface area contributed by atoms with E-state index in [9.17, 15) is 9.59 Å². The molecule has 0 spiro atoms. The molecule has 0 aliphatic carbocycles. The Kier molecular flexibility index (Phi) is 6.43. The summed E-state index contributed by atoms with van der Waals surface area (Å²) in [5.74, 6) is -0.445. The van der Waals surface area contributed by atoms with Gasteiger partial charge in [0.1, 0.15) is 11.4 Å². The molecule has 1 amide bonds. The van der Waals surface area contributed by atoms with Crippen LogP contribution in [0.25, 0.3) is 5.70 Å². The molecule has 3 aromatic rings. The van der Waals surface area contributed by atoms with E-state index >= 15 is 0 Å². The third-order valence-corrected chi connectivity index (χ3v) is 6.54. The molecule has 8 nitrogen and oxygen atoms in total. The molecule has 10 heteroatoms. The van der Waals surface area contributed by atoms with Gasteiger partial charge in [0.15, 0.2) is 17.9 Å². The number of halogens is 1. The van der Waals surface area contributed by atoms with E-state index in [4.69, 9.17) is 31.5 Å². The van der Waals surface area contributed by atoms with E-state index in [-0.39, 0.29) is 5.91 Å². The number of rotatable bonds is 6. The van der Waals surface area contributed by atoms with Crippen LogP contribution in [0.1, 0.15) is 17.3 Å². The van der Waals surface area contributed by atoms with Crippen LogP contribution in [-0.4, -0.2) is 33.8 Å². The van der Waals surface area contributed by atoms with Crippen molar-refractivity contribution in [2.24, 2.45) is 10.1 Å². The summed E-state index contributed by atoms with van der Waals surface area (Å²) in [6.45, 7) is -0.497. The van der Waals surface area contributed by atoms with Crippen LogP contribution in [0.3, 0.4) is 0 Å². The Hall–Kier alpha value is -3.82. The minimum atomic E-state index is -1.09. The highest BCUT2D eigenvalue weighted by Gasteiger charge is 2.35. The molecule has 2 aliphatic heterocycles. The molecular weight excluding hydrogens is 488 g/mol. The minimum absolute atomic E-state index is 0.296. The van der Waals surface area contributed by atoms with Crippen LogP contribution in [0, 0.1) is 0 Å². The number of aliphatic carboxylic acids is 1. The highest BCUT2D eigenvalue weighted by molar-refractivity contribution is 8.13. The molecule has 0 aromatic heterocycles. The van der Waals surface area contributed by atoms with E-state index in [0.29, 0.717) is 43.5 Å². The van der Waals surface area contributed by atoms with E-state index in [2.05, 4.69) is 5.32 Å². The Morgan fingerprint density at radius 2 is 1.83 bits per heavy atom. The van der Waals surface area contributed by atoms with E-state index in [1.807, 2.05) is 54.6 Å². The quantitative estimate of drug-likeness (QED) is 0.533. The van der Waals surface area contributed by atoms with E-state index in [1.165, 1.54) is 11.8 Å². The lowest BCUT2D eigenvalue weighted by Gasteiger charge is -2.34. The summed E-state index contributed by atoms with van der Waals surface area (Å²) < 4.78 is 5.53. The molecule has 0 bridgehead atoms. The maximum absolute atomic E-state index is 13.3. The van der Waals surface area contributed by atoms with Crippen LogP contribution in [-0.2, 0) is 15.3 Å². The fraction of sp³-hybridized carbons (Fsp3) is 0.120. The van der Waals surface area contributed by atoms with Crippen molar-refractivity contribution in [1.29, 1.82) is 0 Å². The largest absolute Gasteiger partial charge is 0.481 e. The van der Waals surface area contributed by atoms with Gasteiger partial charge < -0.3 is 9.84 Å². The zero-order chi connectivity index (χ0) is 24.4. The summed E-state index contributed by atoms with van der Waals surface area (Å²) in [6.07, 6.45) is -0.720. The van der Waals surface area contributed by atoms with Gasteiger partial charge in [0.05, 0.1) is 5.36 Å². The van der Waals surface area contributed by atoms with Gasteiger partial charge in [0.25, 0.3) is 5.91 Å². The number of thioether (sulfide) groups is 1. The van der Waals surface area contributed by atoms with Gasteiger partial charge >= 0.3 is 5.97 Å². The molecular formula is C25H19ClN4O4S. The molecule has 0 fully saturated rings. The summed E-state index contributed by atoms with van der Waals surface area (Å²) >= 11 is 7.36. The number of hydrogen-bond acceptors (Lipinski definition) is 7. The first-order valence-electron chi connectivity index (χ1n) is 10.7. The van der Waals surface area contributed by atoms with Gasteiger partial charge in [-0.15, -0.1) is 5.10 Å². The Labute approximate surface area is 209 Å². The zero-order valence-electron chi connectivity index (χ0n) is 18.2. The lowest BCUT2D eigenvalue weighted by molar-refractivity contribution is -0.139. The second-order valence-electron chi connectivity index (χ2n) is 7.71. The average Bonchev–Trinajstić information content (AvgIpc) is 2.86. The number of ether oxygens (including phenoxy) is 1. The molecule has 2 heterocycles. The molecule has 0 saturated heterocycles. The van der Waals surface area contributed by atoms with Crippen molar-refractivity contribution in [2.75, 3.05) is 6.61 Å². The van der Waals surface area contributed by atoms with Crippen LogP contribution < -0.4 is 20.6 Å². The number of amidine groups is 1. The first-order valence-corrected chi connectivity index (χ1v) is 12.0. The number of carboxylic acid groups (broad SMARTS) is 1. The van der Waals surface area contributed by atoms with Crippen molar-refractivity contribution in [3.63, 3.8) is 0 Å². The molecule has 0 saturated carbocycles. The number of amides is 1. The lowest BCUT2D eigenvalue weighted by Crippen LogP contribution is -2.50. The molecule has 1 atom stereocenters. The summed E-state index contributed by atoms with van der Waals surface area (Å²) in [5.41, 5.74) is 1.99. The first kappa shape index (κ1) is 22.9. The molecule has 0 radical (unpaired) electrons. The van der Waals surface area contributed by atoms with Crippen molar-refractivity contribution >= 4 is 46.1 Å². The number of nitrogens with zero attached hydrogens (tertiary/aromatic N) is 3. The highest BCUT2D eigenvalue weighted by atomic mass is 35.5. The van der Waals surface area contributed by atoms with E-state index < -0.39 is 18.7 Å². The number of fused-ring (bicyclic) bond motifs is 2. The second kappa shape index (κ2) is 9.81. The second-order valence-corrected chi connectivity index (χ2v) is 9.11. The summed E-state index contributed by atoms with van der Waals surface area (Å²) in [4.78, 5) is 29.2. The smallest absolute Gasteiger partial charge is 0.341 e. The van der Waals surface area contributed by atoms with Crippen LogP contribution in [0.5, 0.6) is 5.75 Å². The van der Waals surface area contributed by atoms with Gasteiger partial charge in [-0.05, 0) is 29.8 Å². The lowest BCUT2D eigenvalue weighted by atomic mass is 10.1. The minimum Gasteiger partial charge on any atom is -0.481 e. The molecule has 3 aromatic carbocycles. The first-order chi connectivity index (χ1) is 17.0. The molecule has 1 unspecified atom stereocenters. The average molecular weight is 507 g/mol. The predicted molar refractivity (Wildman–Crippen MR) is 133 cm³/mol.